The number of nitrogens with one attached hydrogen (secondary N) is 2. The predicted molar refractivity (Wildman–Crippen MR) is 69.4 cm³/mol. The van der Waals surface area contributed by atoms with Crippen molar-refractivity contribution in [2.24, 2.45) is 5.73 Å². The number of hydrogen-bond donors (Lipinski definition) is 3. The van der Waals surface area contributed by atoms with E-state index < -0.39 is 23.5 Å². The normalized spacial score (nSPS) is 14.7. The highest BCUT2D eigenvalue weighted by Crippen LogP contribution is 2.08. The molecule has 0 aliphatic rings. The molecule has 4 N–H and O–H groups in total. The van der Waals surface area contributed by atoms with Crippen LogP contribution in [0.3, 0.4) is 0 Å². The molecule has 0 radical (unpaired) electrons. The van der Waals surface area contributed by atoms with Gasteiger partial charge in [0.15, 0.2) is 0 Å². The Morgan fingerprint density at radius 3 is 2.22 bits per heavy atom. The van der Waals surface area contributed by atoms with E-state index >= 15 is 0 Å². The molecule has 2 atom stereocenters. The third-order valence-corrected chi connectivity index (χ3v) is 2.12. The second kappa shape index (κ2) is 6.49. The van der Waals surface area contributed by atoms with Crippen molar-refractivity contribution in [1.29, 1.82) is 5.41 Å². The number of esters is 1. The lowest BCUT2D eigenvalue weighted by Gasteiger charge is -2.21. The molecule has 0 fully saturated rings. The number of hydrogen-bond acceptors (Lipinski definition) is 5. The number of nitrogens with two attached hydrogens (primary N) is 1. The van der Waals surface area contributed by atoms with Gasteiger partial charge in [0.05, 0.1) is 6.04 Å². The Bertz CT molecular complexity index is 334. The summed E-state index contributed by atoms with van der Waals surface area (Å²) in [6.07, 6.45) is 0.187. The number of rotatable bonds is 6. The number of carbonyl (C=O) groups excluding carboxylic acids is 2. The number of ether oxygens (including phenoxy) is 1. The fourth-order valence-corrected chi connectivity index (χ4v) is 1.30. The van der Waals surface area contributed by atoms with Gasteiger partial charge in [-0.3, -0.25) is 10.2 Å². The molecule has 6 heteroatoms. The Labute approximate surface area is 108 Å². The number of carbonyl (C=O) groups is 2. The van der Waals surface area contributed by atoms with E-state index in [9.17, 15) is 9.59 Å². The Morgan fingerprint density at radius 1 is 1.33 bits per heavy atom. The molecule has 104 valence electrons. The monoisotopic (exact) mass is 257 g/mol. The molecule has 6 nitrogen and oxygen atoms in total. The van der Waals surface area contributed by atoms with Crippen LogP contribution in [0.5, 0.6) is 0 Å². The van der Waals surface area contributed by atoms with E-state index in [2.05, 4.69) is 5.32 Å². The Kier molecular flexibility index (Phi) is 5.97. The second-order valence-corrected chi connectivity index (χ2v) is 5.38. The minimum Gasteiger partial charge on any atom is -0.456 e. The van der Waals surface area contributed by atoms with Crippen molar-refractivity contribution in [3.05, 3.63) is 0 Å². The quantitative estimate of drug-likeness (QED) is 0.478. The van der Waals surface area contributed by atoms with Gasteiger partial charge in [-0.15, -0.1) is 0 Å². The topological polar surface area (TPSA) is 105 Å². The van der Waals surface area contributed by atoms with Crippen LogP contribution in [0, 0.1) is 5.41 Å². The van der Waals surface area contributed by atoms with Crippen LogP contribution < -0.4 is 11.1 Å². The highest BCUT2D eigenvalue weighted by Gasteiger charge is 2.22. The van der Waals surface area contributed by atoms with Crippen LogP contribution in [0.1, 0.15) is 41.0 Å². The zero-order valence-corrected chi connectivity index (χ0v) is 11.7. The lowest BCUT2D eigenvalue weighted by molar-refractivity contribution is -0.146. The van der Waals surface area contributed by atoms with Gasteiger partial charge in [0.2, 0.25) is 5.91 Å². The van der Waals surface area contributed by atoms with E-state index in [4.69, 9.17) is 15.9 Å². The first-order chi connectivity index (χ1) is 8.03. The summed E-state index contributed by atoms with van der Waals surface area (Å²) in [5, 5.41) is 10.5. The zero-order chi connectivity index (χ0) is 14.5. The highest BCUT2D eigenvalue weighted by molar-refractivity contribution is 6.35. The Balaban J connectivity index is 4.23. The predicted octanol–water partition coefficient (Wildman–Crippen LogP) is 0.590. The molecule has 18 heavy (non-hydrogen) atoms. The van der Waals surface area contributed by atoms with Gasteiger partial charge in [-0.05, 0) is 34.6 Å². The third-order valence-electron chi connectivity index (χ3n) is 2.12. The molecule has 0 aromatic heterocycles. The summed E-state index contributed by atoms with van der Waals surface area (Å²) in [4.78, 5) is 22.4. The summed E-state index contributed by atoms with van der Waals surface area (Å²) in [6.45, 7) is 8.65. The van der Waals surface area contributed by atoms with Gasteiger partial charge in [0.1, 0.15) is 11.3 Å². The lowest BCUT2D eigenvalue weighted by atomic mass is 10.1. The second-order valence-electron chi connectivity index (χ2n) is 5.38. The van der Waals surface area contributed by atoms with Gasteiger partial charge < -0.3 is 15.8 Å². The van der Waals surface area contributed by atoms with E-state index in [1.165, 1.54) is 0 Å². The molecular formula is C12H23N3O3. The largest absolute Gasteiger partial charge is 0.456 e. The van der Waals surface area contributed by atoms with Crippen molar-refractivity contribution in [2.45, 2.75) is 58.7 Å². The summed E-state index contributed by atoms with van der Waals surface area (Å²) >= 11 is 0. The first-order valence-corrected chi connectivity index (χ1v) is 5.89. The average Bonchev–Trinajstić information content (AvgIpc) is 2.14. The molecule has 0 saturated heterocycles. The first kappa shape index (κ1) is 16.6. The van der Waals surface area contributed by atoms with Crippen LogP contribution in [-0.4, -0.2) is 35.3 Å². The minimum atomic E-state index is -0.636. The summed E-state index contributed by atoms with van der Waals surface area (Å²) in [5.41, 5.74) is 4.38. The fourth-order valence-electron chi connectivity index (χ4n) is 1.30. The average molecular weight is 257 g/mol. The van der Waals surface area contributed by atoms with E-state index in [1.54, 1.807) is 34.6 Å². The third kappa shape index (κ3) is 7.01. The van der Waals surface area contributed by atoms with Crippen LogP contribution in [0.2, 0.25) is 0 Å². The summed E-state index contributed by atoms with van der Waals surface area (Å²) in [7, 11) is 0. The molecule has 1 unspecified atom stereocenters. The van der Waals surface area contributed by atoms with Crippen LogP contribution in [0.4, 0.5) is 0 Å². The molecule has 0 aromatic rings. The van der Waals surface area contributed by atoms with E-state index in [1.807, 2.05) is 0 Å². The van der Waals surface area contributed by atoms with Crippen molar-refractivity contribution < 1.29 is 14.3 Å². The molecule has 0 saturated carbocycles. The molecule has 0 aliphatic carbocycles. The summed E-state index contributed by atoms with van der Waals surface area (Å²) < 4.78 is 5.07. The summed E-state index contributed by atoms with van der Waals surface area (Å²) in [6, 6.07) is -0.695. The van der Waals surface area contributed by atoms with Crippen molar-refractivity contribution in [2.75, 3.05) is 0 Å². The van der Waals surface area contributed by atoms with Crippen molar-refractivity contribution in [3.8, 4) is 0 Å². The standard InChI is InChI=1S/C12H23N3O3/c1-7(15-8(2)10(14)16)6-9(13)11(17)18-12(3,4)5/h7-8,13,15H,6H2,1-5H3,(H2,14,16)/t7-,8?/m0/s1. The van der Waals surface area contributed by atoms with Gasteiger partial charge in [-0.25, -0.2) is 4.79 Å². The van der Waals surface area contributed by atoms with Crippen LogP contribution in [0.15, 0.2) is 0 Å². The van der Waals surface area contributed by atoms with Gasteiger partial charge in [-0.1, -0.05) is 0 Å². The fraction of sp³-hybridized carbons (Fsp3) is 0.750. The molecule has 0 spiro atoms. The van der Waals surface area contributed by atoms with E-state index in [0.717, 1.165) is 0 Å². The smallest absolute Gasteiger partial charge is 0.352 e. The van der Waals surface area contributed by atoms with Gasteiger partial charge in [-0.2, -0.15) is 0 Å². The maximum absolute atomic E-state index is 11.5. The maximum atomic E-state index is 11.5. The van der Waals surface area contributed by atoms with Crippen LogP contribution in [-0.2, 0) is 14.3 Å². The Hall–Kier alpha value is -1.43. The van der Waals surface area contributed by atoms with Crippen molar-refractivity contribution >= 4 is 17.6 Å². The first-order valence-electron chi connectivity index (χ1n) is 5.89. The lowest BCUT2D eigenvalue weighted by Crippen LogP contribution is -2.44. The number of amides is 1. The van der Waals surface area contributed by atoms with Gasteiger partial charge >= 0.3 is 5.97 Å². The molecule has 0 bridgehead atoms. The molecule has 0 aliphatic heterocycles. The van der Waals surface area contributed by atoms with Crippen LogP contribution >= 0.6 is 0 Å². The van der Waals surface area contributed by atoms with Gasteiger partial charge in [0.25, 0.3) is 0 Å². The SMILES string of the molecule is CC(N[C@@H](C)CC(=N)C(=O)OC(C)(C)C)C(N)=O. The summed E-state index contributed by atoms with van der Waals surface area (Å²) in [5.74, 6) is -1.10. The highest BCUT2D eigenvalue weighted by atomic mass is 16.6. The van der Waals surface area contributed by atoms with Crippen molar-refractivity contribution in [3.63, 3.8) is 0 Å². The molecule has 0 aromatic carbocycles. The van der Waals surface area contributed by atoms with E-state index in [-0.39, 0.29) is 18.2 Å². The maximum Gasteiger partial charge on any atom is 0.352 e. The molecule has 0 heterocycles. The number of primary amides is 1. The van der Waals surface area contributed by atoms with Crippen LogP contribution in [0.25, 0.3) is 0 Å². The molecular weight excluding hydrogens is 234 g/mol. The van der Waals surface area contributed by atoms with Crippen molar-refractivity contribution in [1.82, 2.24) is 5.32 Å². The molecule has 1 amide bonds. The van der Waals surface area contributed by atoms with Gasteiger partial charge in [0, 0.05) is 12.5 Å². The van der Waals surface area contributed by atoms with E-state index in [0.29, 0.717) is 0 Å². The zero-order valence-electron chi connectivity index (χ0n) is 11.7. The minimum absolute atomic E-state index is 0.124. The molecule has 0 rings (SSSR count). The Morgan fingerprint density at radius 2 is 1.83 bits per heavy atom.